The fourth-order valence-electron chi connectivity index (χ4n) is 3.83. The van der Waals surface area contributed by atoms with Crippen LogP contribution in [0.3, 0.4) is 0 Å². The van der Waals surface area contributed by atoms with Gasteiger partial charge in [-0.1, -0.05) is 6.07 Å². The first kappa shape index (κ1) is 24.2. The Morgan fingerprint density at radius 2 is 1.78 bits per heavy atom. The van der Waals surface area contributed by atoms with Crippen LogP contribution in [-0.2, 0) is 20.8 Å². The zero-order valence-corrected chi connectivity index (χ0v) is 20.3. The van der Waals surface area contributed by atoms with Crippen LogP contribution in [0.5, 0.6) is 5.75 Å². The zero-order valence-electron chi connectivity index (χ0n) is 20.3. The van der Waals surface area contributed by atoms with E-state index in [0.717, 1.165) is 21.8 Å². The highest BCUT2D eigenvalue weighted by atomic mass is 16.7. The second kappa shape index (κ2) is 10.0. The quantitative estimate of drug-likeness (QED) is 0.266. The normalized spacial score (nSPS) is 12.2. The third kappa shape index (κ3) is 5.31. The Bertz CT molecular complexity index is 1090. The molecule has 0 spiro atoms. The van der Waals surface area contributed by atoms with Crippen molar-refractivity contribution in [3.63, 3.8) is 0 Å². The van der Waals surface area contributed by atoms with Crippen molar-refractivity contribution in [3.05, 3.63) is 41.0 Å². The van der Waals surface area contributed by atoms with E-state index >= 15 is 0 Å². The van der Waals surface area contributed by atoms with E-state index in [0.29, 0.717) is 32.1 Å². The first-order valence-corrected chi connectivity index (χ1v) is 11.4. The van der Waals surface area contributed by atoms with Crippen molar-refractivity contribution >= 4 is 27.8 Å². The maximum Gasteiger partial charge on any atom is 0.316 e. The Balaban J connectivity index is 1.91. The first-order chi connectivity index (χ1) is 15.2. The van der Waals surface area contributed by atoms with Crippen molar-refractivity contribution in [3.8, 4) is 5.75 Å². The third-order valence-corrected chi connectivity index (χ3v) is 5.57. The predicted octanol–water partition coefficient (Wildman–Crippen LogP) is 5.38. The molecule has 1 aromatic heterocycles. The van der Waals surface area contributed by atoms with Gasteiger partial charge in [0.1, 0.15) is 5.75 Å². The van der Waals surface area contributed by atoms with E-state index in [2.05, 4.69) is 30.2 Å². The monoisotopic (exact) mass is 440 g/mol. The molecule has 1 heterocycles. The van der Waals surface area contributed by atoms with Crippen molar-refractivity contribution in [2.24, 2.45) is 5.41 Å². The maximum absolute atomic E-state index is 12.4. The summed E-state index contributed by atoms with van der Waals surface area (Å²) in [5.41, 5.74) is 5.19. The molecule has 0 fully saturated rings. The van der Waals surface area contributed by atoms with Crippen molar-refractivity contribution < 1.29 is 19.0 Å². The van der Waals surface area contributed by atoms with Gasteiger partial charge in [0.25, 0.3) is 0 Å². The molecule has 0 unspecified atom stereocenters. The lowest BCUT2D eigenvalue weighted by Gasteiger charge is -2.18. The highest BCUT2D eigenvalue weighted by Gasteiger charge is 2.24. The minimum absolute atomic E-state index is 0.243. The van der Waals surface area contributed by atoms with E-state index in [1.807, 2.05) is 52.8 Å². The lowest BCUT2D eigenvalue weighted by Crippen LogP contribution is -2.31. The number of H-pyrrole nitrogens is 1. The van der Waals surface area contributed by atoms with Crippen molar-refractivity contribution in [1.29, 1.82) is 0 Å². The average molecular weight is 441 g/mol. The van der Waals surface area contributed by atoms with Gasteiger partial charge in [-0.2, -0.15) is 0 Å². The molecule has 0 saturated carbocycles. The molecule has 0 aliphatic rings. The number of benzene rings is 2. The molecular formula is C26H36N2O4. The fraction of sp³-hybridized carbons (Fsp3) is 0.500. The Morgan fingerprint density at radius 3 is 2.41 bits per heavy atom. The van der Waals surface area contributed by atoms with Gasteiger partial charge < -0.3 is 24.5 Å². The van der Waals surface area contributed by atoms with Crippen LogP contribution in [0, 0.1) is 19.3 Å². The van der Waals surface area contributed by atoms with Gasteiger partial charge in [-0.05, 0) is 83.4 Å². The van der Waals surface area contributed by atoms with Crippen molar-refractivity contribution in [2.45, 2.75) is 61.3 Å². The largest absolute Gasteiger partial charge is 0.426 e. The Labute approximate surface area is 190 Å². The number of esters is 1. The van der Waals surface area contributed by atoms with Crippen molar-refractivity contribution in [1.82, 2.24) is 10.3 Å². The predicted molar refractivity (Wildman–Crippen MR) is 129 cm³/mol. The highest BCUT2D eigenvalue weighted by molar-refractivity contribution is 6.10. The van der Waals surface area contributed by atoms with Gasteiger partial charge in [0.15, 0.2) is 6.29 Å². The van der Waals surface area contributed by atoms with Gasteiger partial charge in [-0.25, -0.2) is 0 Å². The number of fused-ring (bicyclic) bond motifs is 3. The van der Waals surface area contributed by atoms with E-state index < -0.39 is 5.41 Å². The second-order valence-electron chi connectivity index (χ2n) is 9.17. The topological polar surface area (TPSA) is 72.6 Å². The Morgan fingerprint density at radius 1 is 1.09 bits per heavy atom. The number of nitrogens with one attached hydrogen (secondary N) is 2. The highest BCUT2D eigenvalue weighted by Crippen LogP contribution is 2.35. The number of aryl methyl sites for hydroxylation is 2. The van der Waals surface area contributed by atoms with E-state index in [-0.39, 0.29) is 12.3 Å². The van der Waals surface area contributed by atoms with Gasteiger partial charge >= 0.3 is 5.97 Å². The fourth-order valence-corrected chi connectivity index (χ4v) is 3.83. The first-order valence-electron chi connectivity index (χ1n) is 11.4. The molecule has 0 saturated heterocycles. The van der Waals surface area contributed by atoms with Gasteiger partial charge in [0, 0.05) is 48.1 Å². The number of aromatic nitrogens is 1. The van der Waals surface area contributed by atoms with Crippen LogP contribution in [0.1, 0.15) is 51.3 Å². The van der Waals surface area contributed by atoms with Crippen LogP contribution in [-0.4, -0.2) is 37.0 Å². The minimum Gasteiger partial charge on any atom is -0.426 e. The molecule has 6 nitrogen and oxygen atoms in total. The Kier molecular flexibility index (Phi) is 7.59. The Hall–Kier alpha value is -2.41. The smallest absolute Gasteiger partial charge is 0.316 e. The average Bonchev–Trinajstić information content (AvgIpc) is 3.11. The summed E-state index contributed by atoms with van der Waals surface area (Å²) in [6, 6.07) is 8.00. The molecule has 3 aromatic rings. The van der Waals surface area contributed by atoms with E-state index in [1.54, 1.807) is 0 Å². The molecule has 0 atom stereocenters. The molecular weight excluding hydrogens is 404 g/mol. The summed E-state index contributed by atoms with van der Waals surface area (Å²) >= 11 is 0. The molecule has 6 heteroatoms. The zero-order chi connectivity index (χ0) is 23.5. The van der Waals surface area contributed by atoms with Crippen LogP contribution in [0.15, 0.2) is 24.3 Å². The second-order valence-corrected chi connectivity index (χ2v) is 9.17. The standard InChI is InChI=1S/C26H36N2O4/c1-8-30-22(31-9-2)15-27-14-18-12-16(3)24-23(17(18)4)20-13-19(10-11-21(20)28-24)32-25(29)26(5,6)7/h10-13,22,27-28H,8-9,14-15H2,1-7H3. The number of rotatable bonds is 9. The summed E-state index contributed by atoms with van der Waals surface area (Å²) in [7, 11) is 0. The maximum atomic E-state index is 12.4. The molecule has 3 rings (SSSR count). The molecule has 2 aromatic carbocycles. The molecule has 0 bridgehead atoms. The summed E-state index contributed by atoms with van der Waals surface area (Å²) in [6.45, 7) is 16.3. The van der Waals surface area contributed by atoms with Crippen LogP contribution in [0.4, 0.5) is 0 Å². The van der Waals surface area contributed by atoms with Crippen LogP contribution in [0.25, 0.3) is 21.8 Å². The number of aromatic amines is 1. The van der Waals surface area contributed by atoms with Crippen LogP contribution in [0.2, 0.25) is 0 Å². The molecule has 2 N–H and O–H groups in total. The number of carbonyl (C=O) groups excluding carboxylic acids is 1. The van der Waals surface area contributed by atoms with Crippen LogP contribution >= 0.6 is 0 Å². The van der Waals surface area contributed by atoms with Gasteiger partial charge in [0.05, 0.1) is 5.41 Å². The molecule has 174 valence electrons. The van der Waals surface area contributed by atoms with Crippen molar-refractivity contribution in [2.75, 3.05) is 19.8 Å². The number of ether oxygens (including phenoxy) is 3. The lowest BCUT2D eigenvalue weighted by atomic mass is 9.97. The number of carbonyl (C=O) groups is 1. The van der Waals surface area contributed by atoms with Gasteiger partial charge in [-0.3, -0.25) is 4.79 Å². The molecule has 0 aliphatic carbocycles. The molecule has 32 heavy (non-hydrogen) atoms. The molecule has 0 radical (unpaired) electrons. The summed E-state index contributed by atoms with van der Waals surface area (Å²) in [6.07, 6.45) is -0.247. The molecule has 0 amide bonds. The van der Waals surface area contributed by atoms with E-state index in [4.69, 9.17) is 14.2 Å². The number of hydrogen-bond acceptors (Lipinski definition) is 5. The summed E-state index contributed by atoms with van der Waals surface area (Å²) in [5.74, 6) is 0.322. The SMILES string of the molecule is CCOC(CNCc1cc(C)c2[nH]c3ccc(OC(=O)C(C)(C)C)cc3c2c1C)OCC. The summed E-state index contributed by atoms with van der Waals surface area (Å²) in [5, 5.41) is 5.69. The summed E-state index contributed by atoms with van der Waals surface area (Å²) < 4.78 is 16.9. The van der Waals surface area contributed by atoms with E-state index in [1.165, 1.54) is 16.7 Å². The molecule has 0 aliphatic heterocycles. The van der Waals surface area contributed by atoms with Gasteiger partial charge in [-0.15, -0.1) is 0 Å². The minimum atomic E-state index is -0.554. The van der Waals surface area contributed by atoms with E-state index in [9.17, 15) is 4.79 Å². The number of hydrogen-bond donors (Lipinski definition) is 2. The van der Waals surface area contributed by atoms with Crippen LogP contribution < -0.4 is 10.1 Å². The lowest BCUT2D eigenvalue weighted by molar-refractivity contribution is -0.143. The van der Waals surface area contributed by atoms with Gasteiger partial charge in [0.2, 0.25) is 0 Å². The third-order valence-electron chi connectivity index (χ3n) is 5.57. The summed E-state index contributed by atoms with van der Waals surface area (Å²) in [4.78, 5) is 15.9.